The summed E-state index contributed by atoms with van der Waals surface area (Å²) >= 11 is 6.04. The van der Waals surface area contributed by atoms with Crippen molar-refractivity contribution < 1.29 is 23.8 Å². The lowest BCUT2D eigenvalue weighted by molar-refractivity contribution is -0.149. The summed E-state index contributed by atoms with van der Waals surface area (Å²) in [5.41, 5.74) is 1.25. The fourth-order valence-electron chi connectivity index (χ4n) is 4.81. The Labute approximate surface area is 253 Å². The number of nitrogens with one attached hydrogen (secondary N) is 1. The first-order chi connectivity index (χ1) is 20.9. The SMILES string of the molecule is CCOC(=O)C1CCCN(C(=O)c2ccc(Nc3c(Oc4ccc(OC)cc4)cnn(-c4ccc(Cl)cc4)c3=O)cc2)C1. The van der Waals surface area contributed by atoms with Crippen LogP contribution >= 0.6 is 11.6 Å². The summed E-state index contributed by atoms with van der Waals surface area (Å²) < 4.78 is 17.7. The standard InChI is InChI=1S/C32H31ClN4O6/c1-3-42-32(40)22-5-4-18-36(20-22)30(38)21-6-10-24(11-7-21)35-29-28(43-27-16-14-26(41-2)15-17-27)19-34-37(31(29)39)25-12-8-23(33)9-13-25/h6-17,19,22,35H,3-5,18,20H2,1-2H3. The topological polar surface area (TPSA) is 112 Å². The van der Waals surface area contributed by atoms with Crippen molar-refractivity contribution in [1.29, 1.82) is 0 Å². The highest BCUT2D eigenvalue weighted by Crippen LogP contribution is 2.30. The zero-order valence-corrected chi connectivity index (χ0v) is 24.5. The molecule has 4 aromatic rings. The highest BCUT2D eigenvalue weighted by Gasteiger charge is 2.29. The predicted octanol–water partition coefficient (Wildman–Crippen LogP) is 5.85. The molecule has 0 aliphatic carbocycles. The molecule has 1 aliphatic rings. The summed E-state index contributed by atoms with van der Waals surface area (Å²) in [5.74, 6) is 0.596. The van der Waals surface area contributed by atoms with Crippen LogP contribution in [0.25, 0.3) is 5.69 Å². The van der Waals surface area contributed by atoms with Crippen LogP contribution in [-0.4, -0.2) is 53.4 Å². The number of carbonyl (C=O) groups excluding carboxylic acids is 2. The van der Waals surface area contributed by atoms with Gasteiger partial charge in [-0.3, -0.25) is 14.4 Å². The smallest absolute Gasteiger partial charge is 0.310 e. The maximum Gasteiger partial charge on any atom is 0.310 e. The summed E-state index contributed by atoms with van der Waals surface area (Å²) in [4.78, 5) is 40.8. The molecule has 0 spiro atoms. The first-order valence-corrected chi connectivity index (χ1v) is 14.3. The van der Waals surface area contributed by atoms with Gasteiger partial charge in [0.05, 0.1) is 31.5 Å². The van der Waals surface area contributed by atoms with Gasteiger partial charge in [0, 0.05) is 29.4 Å². The fraction of sp³-hybridized carbons (Fsp3) is 0.250. The highest BCUT2D eigenvalue weighted by molar-refractivity contribution is 6.30. The van der Waals surface area contributed by atoms with Crippen molar-refractivity contribution in [2.75, 3.05) is 32.1 Å². The number of amides is 1. The molecule has 43 heavy (non-hydrogen) atoms. The number of rotatable bonds is 9. The third-order valence-electron chi connectivity index (χ3n) is 7.03. The average molecular weight is 603 g/mol. The number of ether oxygens (including phenoxy) is 3. The molecule has 1 saturated heterocycles. The molecule has 0 bridgehead atoms. The fourth-order valence-corrected chi connectivity index (χ4v) is 4.93. The quantitative estimate of drug-likeness (QED) is 0.238. The molecule has 2 heterocycles. The molecule has 10 nitrogen and oxygen atoms in total. The van der Waals surface area contributed by atoms with E-state index in [0.29, 0.717) is 59.6 Å². The van der Waals surface area contributed by atoms with Gasteiger partial charge < -0.3 is 24.4 Å². The number of benzene rings is 3. The van der Waals surface area contributed by atoms with Crippen molar-refractivity contribution in [2.45, 2.75) is 19.8 Å². The summed E-state index contributed by atoms with van der Waals surface area (Å²) in [6, 6.07) is 20.5. The predicted molar refractivity (Wildman–Crippen MR) is 163 cm³/mol. The molecule has 1 aromatic heterocycles. The Morgan fingerprint density at radius 3 is 2.37 bits per heavy atom. The third-order valence-corrected chi connectivity index (χ3v) is 7.28. The monoisotopic (exact) mass is 602 g/mol. The largest absolute Gasteiger partial charge is 0.497 e. The Morgan fingerprint density at radius 1 is 1.00 bits per heavy atom. The van der Waals surface area contributed by atoms with Crippen LogP contribution in [0.2, 0.25) is 5.02 Å². The number of hydrogen-bond donors (Lipinski definition) is 1. The van der Waals surface area contributed by atoms with E-state index in [1.807, 2.05) is 0 Å². The number of esters is 1. The van der Waals surface area contributed by atoms with Gasteiger partial charge >= 0.3 is 5.97 Å². The van der Waals surface area contributed by atoms with Crippen LogP contribution in [0, 0.1) is 5.92 Å². The van der Waals surface area contributed by atoms with Gasteiger partial charge in [-0.1, -0.05) is 11.6 Å². The van der Waals surface area contributed by atoms with E-state index in [0.717, 1.165) is 6.42 Å². The molecule has 1 fully saturated rings. The molecule has 3 aromatic carbocycles. The van der Waals surface area contributed by atoms with Gasteiger partial charge in [-0.2, -0.15) is 9.78 Å². The van der Waals surface area contributed by atoms with Crippen molar-refractivity contribution in [1.82, 2.24) is 14.7 Å². The van der Waals surface area contributed by atoms with Gasteiger partial charge in [-0.05, 0) is 92.6 Å². The van der Waals surface area contributed by atoms with Crippen LogP contribution in [0.4, 0.5) is 11.4 Å². The summed E-state index contributed by atoms with van der Waals surface area (Å²) in [6.07, 6.45) is 2.89. The number of aromatic nitrogens is 2. The molecule has 0 saturated carbocycles. The number of likely N-dealkylation sites (tertiary alicyclic amines) is 1. The Kier molecular flexibility index (Phi) is 9.26. The Bertz CT molecular complexity index is 1640. The molecule has 11 heteroatoms. The van der Waals surface area contributed by atoms with E-state index in [-0.39, 0.29) is 29.2 Å². The lowest BCUT2D eigenvalue weighted by atomic mass is 9.97. The Morgan fingerprint density at radius 2 is 1.70 bits per heavy atom. The van der Waals surface area contributed by atoms with Crippen molar-refractivity contribution in [3.05, 3.63) is 99.9 Å². The Balaban J connectivity index is 1.40. The molecule has 1 amide bonds. The Hall–Kier alpha value is -4.83. The van der Waals surface area contributed by atoms with E-state index in [4.69, 9.17) is 25.8 Å². The number of nitrogens with zero attached hydrogens (tertiary/aromatic N) is 3. The van der Waals surface area contributed by atoms with Crippen molar-refractivity contribution >= 4 is 34.9 Å². The number of methoxy groups -OCH3 is 1. The molecule has 222 valence electrons. The molecule has 1 N–H and O–H groups in total. The van der Waals surface area contributed by atoms with Crippen molar-refractivity contribution in [3.63, 3.8) is 0 Å². The van der Waals surface area contributed by atoms with Gasteiger partial charge in [-0.25, -0.2) is 0 Å². The zero-order chi connectivity index (χ0) is 30.3. The van der Waals surface area contributed by atoms with E-state index in [9.17, 15) is 14.4 Å². The highest BCUT2D eigenvalue weighted by atomic mass is 35.5. The van der Waals surface area contributed by atoms with Crippen LogP contribution in [0.3, 0.4) is 0 Å². The summed E-state index contributed by atoms with van der Waals surface area (Å²) in [6.45, 7) is 2.98. The number of hydrogen-bond acceptors (Lipinski definition) is 8. The van der Waals surface area contributed by atoms with E-state index in [1.165, 1.54) is 10.9 Å². The van der Waals surface area contributed by atoms with Crippen LogP contribution in [0.15, 0.2) is 83.8 Å². The van der Waals surface area contributed by atoms with Gasteiger partial charge in [0.25, 0.3) is 11.5 Å². The van der Waals surface area contributed by atoms with E-state index in [1.54, 1.807) is 91.7 Å². The molecule has 0 radical (unpaired) electrons. The van der Waals surface area contributed by atoms with Crippen molar-refractivity contribution in [3.8, 4) is 22.9 Å². The molecule has 5 rings (SSSR count). The van der Waals surface area contributed by atoms with Crippen molar-refractivity contribution in [2.24, 2.45) is 5.92 Å². The van der Waals surface area contributed by atoms with Gasteiger partial charge in [0.1, 0.15) is 11.5 Å². The van der Waals surface area contributed by atoms with E-state index < -0.39 is 5.56 Å². The number of halogens is 1. The van der Waals surface area contributed by atoms with Crippen LogP contribution < -0.4 is 20.3 Å². The lowest BCUT2D eigenvalue weighted by Crippen LogP contribution is -2.42. The van der Waals surface area contributed by atoms with E-state index >= 15 is 0 Å². The van der Waals surface area contributed by atoms with Gasteiger partial charge in [0.15, 0.2) is 11.4 Å². The summed E-state index contributed by atoms with van der Waals surface area (Å²) in [5, 5.41) is 8.00. The molecule has 1 atom stereocenters. The normalized spacial score (nSPS) is 14.6. The third kappa shape index (κ3) is 6.98. The number of anilines is 2. The number of piperidine rings is 1. The molecular formula is C32H31ClN4O6. The van der Waals surface area contributed by atoms with Crippen LogP contribution in [0.5, 0.6) is 17.2 Å². The maximum absolute atomic E-state index is 13.7. The zero-order valence-electron chi connectivity index (χ0n) is 23.8. The first-order valence-electron chi connectivity index (χ1n) is 13.9. The first kappa shape index (κ1) is 29.7. The van der Waals surface area contributed by atoms with E-state index in [2.05, 4.69) is 10.4 Å². The minimum absolute atomic E-state index is 0.146. The second kappa shape index (κ2) is 13.4. The molecule has 1 aliphatic heterocycles. The second-order valence-corrected chi connectivity index (χ2v) is 10.3. The molecule has 1 unspecified atom stereocenters. The lowest BCUT2D eigenvalue weighted by Gasteiger charge is -2.31. The number of carbonyl (C=O) groups is 2. The average Bonchev–Trinajstić information content (AvgIpc) is 3.04. The summed E-state index contributed by atoms with van der Waals surface area (Å²) in [7, 11) is 1.57. The van der Waals surface area contributed by atoms with Gasteiger partial charge in [0.2, 0.25) is 0 Å². The van der Waals surface area contributed by atoms with Crippen LogP contribution in [-0.2, 0) is 9.53 Å². The molecular weight excluding hydrogens is 572 g/mol. The minimum Gasteiger partial charge on any atom is -0.497 e. The van der Waals surface area contributed by atoms with Gasteiger partial charge in [-0.15, -0.1) is 0 Å². The second-order valence-electron chi connectivity index (χ2n) is 9.90. The van der Waals surface area contributed by atoms with Crippen LogP contribution in [0.1, 0.15) is 30.1 Å². The minimum atomic E-state index is -0.452. The maximum atomic E-state index is 13.7.